The molecule has 0 atom stereocenters. The summed E-state index contributed by atoms with van der Waals surface area (Å²) in [5.74, 6) is 0. The SMILES string of the molecule is COP(=O)(c1cccc(Cl)c1)c1cccc(Cl)c1. The van der Waals surface area contributed by atoms with Gasteiger partial charge in [-0.25, -0.2) is 0 Å². The van der Waals surface area contributed by atoms with Crippen LogP contribution in [0.3, 0.4) is 0 Å². The summed E-state index contributed by atoms with van der Waals surface area (Å²) in [5, 5.41) is 2.15. The third-order valence-corrected chi connectivity index (χ3v) is 5.45. The Hall–Kier alpha value is -0.790. The summed E-state index contributed by atoms with van der Waals surface area (Å²) in [4.78, 5) is 0. The van der Waals surface area contributed by atoms with E-state index in [1.807, 2.05) is 0 Å². The van der Waals surface area contributed by atoms with Crippen molar-refractivity contribution in [2.24, 2.45) is 0 Å². The zero-order chi connectivity index (χ0) is 13.2. The smallest absolute Gasteiger partial charge is 0.261 e. The van der Waals surface area contributed by atoms with Crippen LogP contribution in [0.1, 0.15) is 0 Å². The van der Waals surface area contributed by atoms with Gasteiger partial charge in [0, 0.05) is 27.8 Å². The third-order valence-electron chi connectivity index (χ3n) is 2.55. The van der Waals surface area contributed by atoms with Gasteiger partial charge in [0.1, 0.15) is 0 Å². The number of rotatable bonds is 3. The Morgan fingerprint density at radius 1 is 0.944 bits per heavy atom. The van der Waals surface area contributed by atoms with Crippen molar-refractivity contribution in [3.63, 3.8) is 0 Å². The van der Waals surface area contributed by atoms with Crippen LogP contribution in [0.2, 0.25) is 10.0 Å². The highest BCUT2D eigenvalue weighted by Crippen LogP contribution is 2.44. The maximum absolute atomic E-state index is 13.0. The van der Waals surface area contributed by atoms with Crippen molar-refractivity contribution >= 4 is 41.2 Å². The molecule has 2 aromatic carbocycles. The maximum atomic E-state index is 13.0. The summed E-state index contributed by atoms with van der Waals surface area (Å²) >= 11 is 11.8. The Kier molecular flexibility index (Phi) is 4.14. The van der Waals surface area contributed by atoms with Crippen LogP contribution in [0.15, 0.2) is 48.5 Å². The Balaban J connectivity index is 2.59. The van der Waals surface area contributed by atoms with E-state index in [-0.39, 0.29) is 0 Å². The minimum atomic E-state index is -3.13. The lowest BCUT2D eigenvalue weighted by Gasteiger charge is -2.17. The molecule has 94 valence electrons. The van der Waals surface area contributed by atoms with Crippen molar-refractivity contribution in [3.8, 4) is 0 Å². The van der Waals surface area contributed by atoms with E-state index >= 15 is 0 Å². The maximum Gasteiger partial charge on any atom is 0.261 e. The topological polar surface area (TPSA) is 26.3 Å². The molecule has 0 N–H and O–H groups in total. The second kappa shape index (κ2) is 5.46. The van der Waals surface area contributed by atoms with E-state index in [1.54, 1.807) is 48.5 Å². The second-order valence-electron chi connectivity index (χ2n) is 3.69. The first-order valence-corrected chi connectivity index (χ1v) is 7.62. The van der Waals surface area contributed by atoms with E-state index in [2.05, 4.69) is 0 Å². The molecule has 0 unspecified atom stereocenters. The lowest BCUT2D eigenvalue weighted by Crippen LogP contribution is -2.17. The first kappa shape index (κ1) is 13.6. The molecule has 0 amide bonds. The van der Waals surface area contributed by atoms with Gasteiger partial charge in [0.05, 0.1) is 0 Å². The van der Waals surface area contributed by atoms with Gasteiger partial charge in [0.2, 0.25) is 0 Å². The monoisotopic (exact) mass is 300 g/mol. The summed E-state index contributed by atoms with van der Waals surface area (Å²) in [6.07, 6.45) is 0. The van der Waals surface area contributed by atoms with E-state index in [0.717, 1.165) is 0 Å². The summed E-state index contributed by atoms with van der Waals surface area (Å²) in [6, 6.07) is 13.7. The molecule has 0 fully saturated rings. The van der Waals surface area contributed by atoms with Crippen molar-refractivity contribution in [2.75, 3.05) is 7.11 Å². The molecule has 0 spiro atoms. The van der Waals surface area contributed by atoms with Gasteiger partial charge >= 0.3 is 0 Å². The number of hydrogen-bond acceptors (Lipinski definition) is 2. The Morgan fingerprint density at radius 2 is 1.39 bits per heavy atom. The van der Waals surface area contributed by atoms with Crippen LogP contribution in [0.4, 0.5) is 0 Å². The molecule has 0 saturated carbocycles. The van der Waals surface area contributed by atoms with Crippen molar-refractivity contribution in [1.82, 2.24) is 0 Å². The fourth-order valence-corrected chi connectivity index (χ4v) is 4.11. The molecule has 0 aromatic heterocycles. The van der Waals surface area contributed by atoms with Crippen LogP contribution in [-0.2, 0) is 9.09 Å². The van der Waals surface area contributed by atoms with Crippen LogP contribution in [0, 0.1) is 0 Å². The van der Waals surface area contributed by atoms with Gasteiger partial charge in [0.15, 0.2) is 0 Å². The average Bonchev–Trinajstić information content (AvgIpc) is 2.38. The van der Waals surface area contributed by atoms with Crippen LogP contribution in [-0.4, -0.2) is 7.11 Å². The highest BCUT2D eigenvalue weighted by molar-refractivity contribution is 7.74. The Bertz CT molecular complexity index is 564. The quantitative estimate of drug-likeness (QED) is 0.804. The molecule has 0 aliphatic carbocycles. The molecule has 2 aromatic rings. The van der Waals surface area contributed by atoms with E-state index in [9.17, 15) is 4.57 Å². The van der Waals surface area contributed by atoms with E-state index in [0.29, 0.717) is 20.7 Å². The van der Waals surface area contributed by atoms with Crippen molar-refractivity contribution in [2.45, 2.75) is 0 Å². The lowest BCUT2D eigenvalue weighted by atomic mass is 10.4. The van der Waals surface area contributed by atoms with Gasteiger partial charge in [-0.05, 0) is 36.4 Å². The van der Waals surface area contributed by atoms with Crippen molar-refractivity contribution in [3.05, 3.63) is 58.6 Å². The average molecular weight is 301 g/mol. The molecule has 2 nitrogen and oxygen atoms in total. The lowest BCUT2D eigenvalue weighted by molar-refractivity contribution is 0.412. The molecular formula is C13H11Cl2O2P. The summed E-state index contributed by atoms with van der Waals surface area (Å²) in [5.41, 5.74) is 0. The van der Waals surface area contributed by atoms with Gasteiger partial charge in [-0.1, -0.05) is 35.3 Å². The molecule has 0 bridgehead atoms. The minimum absolute atomic E-state index is 0.520. The number of hydrogen-bond donors (Lipinski definition) is 0. The zero-order valence-corrected chi connectivity index (χ0v) is 12.0. The van der Waals surface area contributed by atoms with Gasteiger partial charge in [0.25, 0.3) is 7.37 Å². The molecule has 2 rings (SSSR count). The Labute approximate surface area is 116 Å². The van der Waals surface area contributed by atoms with Crippen LogP contribution >= 0.6 is 30.6 Å². The predicted molar refractivity (Wildman–Crippen MR) is 76.8 cm³/mol. The normalized spacial score (nSPS) is 11.5. The molecule has 5 heteroatoms. The molecule has 18 heavy (non-hydrogen) atoms. The first-order chi connectivity index (χ1) is 8.56. The molecule has 0 saturated heterocycles. The highest BCUT2D eigenvalue weighted by atomic mass is 35.5. The van der Waals surface area contributed by atoms with E-state index < -0.39 is 7.37 Å². The summed E-state index contributed by atoms with van der Waals surface area (Å²) in [7, 11) is -1.71. The van der Waals surface area contributed by atoms with Gasteiger partial charge in [-0.3, -0.25) is 4.57 Å². The van der Waals surface area contributed by atoms with Crippen molar-refractivity contribution < 1.29 is 9.09 Å². The van der Waals surface area contributed by atoms with Crippen molar-refractivity contribution in [1.29, 1.82) is 0 Å². The fraction of sp³-hybridized carbons (Fsp3) is 0.0769. The molecule has 0 radical (unpaired) electrons. The van der Waals surface area contributed by atoms with Gasteiger partial charge in [-0.2, -0.15) is 0 Å². The summed E-state index contributed by atoms with van der Waals surface area (Å²) < 4.78 is 18.2. The largest absolute Gasteiger partial charge is 0.325 e. The molecule has 0 aliphatic rings. The van der Waals surface area contributed by atoms with Crippen LogP contribution in [0.25, 0.3) is 0 Å². The zero-order valence-electron chi connectivity index (χ0n) is 9.64. The second-order valence-corrected chi connectivity index (χ2v) is 7.07. The Morgan fingerprint density at radius 3 is 1.72 bits per heavy atom. The van der Waals surface area contributed by atoms with E-state index in [4.69, 9.17) is 27.7 Å². The predicted octanol–water partition coefficient (Wildman–Crippen LogP) is 3.87. The molecule has 0 heterocycles. The van der Waals surface area contributed by atoms with Crippen LogP contribution in [0.5, 0.6) is 0 Å². The first-order valence-electron chi connectivity index (χ1n) is 5.24. The third kappa shape index (κ3) is 2.62. The number of halogens is 2. The van der Waals surface area contributed by atoms with E-state index in [1.165, 1.54) is 7.11 Å². The van der Waals surface area contributed by atoms with Gasteiger partial charge in [-0.15, -0.1) is 0 Å². The molecular weight excluding hydrogens is 290 g/mol. The number of benzene rings is 2. The van der Waals surface area contributed by atoms with Crippen LogP contribution < -0.4 is 10.6 Å². The summed E-state index contributed by atoms with van der Waals surface area (Å²) in [6.45, 7) is 0. The molecule has 0 aliphatic heterocycles. The standard InChI is InChI=1S/C13H11Cl2O2P/c1-17-18(16,12-6-2-4-10(14)8-12)13-7-3-5-11(15)9-13/h2-9H,1H3. The highest BCUT2D eigenvalue weighted by Gasteiger charge is 2.27. The minimum Gasteiger partial charge on any atom is -0.325 e. The van der Waals surface area contributed by atoms with Gasteiger partial charge < -0.3 is 4.52 Å². The fourth-order valence-electron chi connectivity index (χ4n) is 1.68.